The molecule has 3 aromatic heterocycles. The number of rotatable bonds is 3. The van der Waals surface area contributed by atoms with E-state index in [1.165, 1.54) is 37.6 Å². The van der Waals surface area contributed by atoms with Crippen molar-refractivity contribution >= 4 is 62.2 Å². The van der Waals surface area contributed by atoms with E-state index in [1.807, 2.05) is 18.5 Å². The number of aromatic nitrogens is 3. The van der Waals surface area contributed by atoms with Crippen LogP contribution in [0.4, 0.5) is 0 Å². The van der Waals surface area contributed by atoms with Crippen molar-refractivity contribution in [2.75, 3.05) is 0 Å². The number of pyridine rings is 2. The molecule has 0 saturated carbocycles. The van der Waals surface area contributed by atoms with Gasteiger partial charge in [0.2, 0.25) is 0 Å². The number of para-hydroxylation sites is 3. The van der Waals surface area contributed by atoms with Crippen LogP contribution in [0, 0.1) is 0 Å². The van der Waals surface area contributed by atoms with E-state index in [0.717, 1.165) is 16.7 Å². The van der Waals surface area contributed by atoms with E-state index in [2.05, 4.69) is 113 Å². The summed E-state index contributed by atoms with van der Waals surface area (Å²) in [6.45, 7) is 0. The van der Waals surface area contributed by atoms with Crippen LogP contribution in [-0.4, -0.2) is 14.4 Å². The van der Waals surface area contributed by atoms with Gasteiger partial charge in [0.1, 0.15) is 5.65 Å². The quantitative estimate of drug-likeness (QED) is 0.245. The highest BCUT2D eigenvalue weighted by atomic mass is 31.1. The Morgan fingerprint density at radius 3 is 2.18 bits per heavy atom. The monoisotopic (exact) mass is 453 g/mol. The van der Waals surface area contributed by atoms with Gasteiger partial charge in [0.05, 0.1) is 16.6 Å². The second-order valence-corrected chi connectivity index (χ2v) is 10.6. The van der Waals surface area contributed by atoms with Crippen LogP contribution in [-0.2, 0) is 0 Å². The van der Waals surface area contributed by atoms with Crippen LogP contribution >= 0.6 is 7.92 Å². The third-order valence-corrected chi connectivity index (χ3v) is 8.81. The molecule has 160 valence electrons. The van der Waals surface area contributed by atoms with Crippen molar-refractivity contribution in [3.05, 3.63) is 122 Å². The summed E-state index contributed by atoms with van der Waals surface area (Å²) in [5, 5.41) is 7.51. The Labute approximate surface area is 198 Å². The van der Waals surface area contributed by atoms with Gasteiger partial charge >= 0.3 is 0 Å². The van der Waals surface area contributed by atoms with Crippen molar-refractivity contribution in [1.82, 2.24) is 14.4 Å². The highest BCUT2D eigenvalue weighted by molar-refractivity contribution is 7.79. The van der Waals surface area contributed by atoms with Crippen LogP contribution in [0.3, 0.4) is 0 Å². The molecule has 0 aliphatic carbocycles. The molecule has 4 aromatic carbocycles. The maximum absolute atomic E-state index is 5.10. The Kier molecular flexibility index (Phi) is 4.43. The van der Waals surface area contributed by atoms with Gasteiger partial charge in [0.15, 0.2) is 0 Å². The largest absolute Gasteiger partial charge is 0.292 e. The molecule has 0 saturated heterocycles. The molecule has 3 nitrogen and oxygen atoms in total. The van der Waals surface area contributed by atoms with Gasteiger partial charge < -0.3 is 0 Å². The fourth-order valence-electron chi connectivity index (χ4n) is 4.95. The normalized spacial score (nSPS) is 12.6. The molecule has 0 bridgehead atoms. The van der Waals surface area contributed by atoms with Crippen LogP contribution in [0.2, 0.25) is 0 Å². The summed E-state index contributed by atoms with van der Waals surface area (Å²) in [5.74, 6) is 0. The van der Waals surface area contributed by atoms with Crippen molar-refractivity contribution in [3.8, 4) is 0 Å². The van der Waals surface area contributed by atoms with Gasteiger partial charge in [0.25, 0.3) is 0 Å². The van der Waals surface area contributed by atoms with E-state index in [-0.39, 0.29) is 0 Å². The fraction of sp³-hybridized carbons (Fsp3) is 0. The van der Waals surface area contributed by atoms with Gasteiger partial charge in [-0.1, -0.05) is 78.9 Å². The van der Waals surface area contributed by atoms with Gasteiger partial charge in [-0.2, -0.15) is 0 Å². The molecule has 1 unspecified atom stereocenters. The maximum Gasteiger partial charge on any atom is 0.146 e. The molecule has 3 heterocycles. The Hall–Kier alpha value is -4.07. The SMILES string of the molecule is c1ccc(P(c2cccnc2)c2ccc3c4ccccc4n4c5ccccc5nc4c3c2)cc1. The number of fused-ring (bicyclic) bond motifs is 8. The zero-order valence-electron chi connectivity index (χ0n) is 18.3. The zero-order valence-corrected chi connectivity index (χ0v) is 19.2. The van der Waals surface area contributed by atoms with Gasteiger partial charge in [-0.05, 0) is 54.2 Å². The molecule has 0 radical (unpaired) electrons. The Morgan fingerprint density at radius 1 is 0.559 bits per heavy atom. The third kappa shape index (κ3) is 2.95. The van der Waals surface area contributed by atoms with E-state index in [0.29, 0.717) is 0 Å². The highest BCUT2D eigenvalue weighted by Gasteiger charge is 2.19. The fourth-order valence-corrected chi connectivity index (χ4v) is 7.21. The molecule has 1 atom stereocenters. The number of hydrogen-bond acceptors (Lipinski definition) is 2. The van der Waals surface area contributed by atoms with Crippen LogP contribution in [0.25, 0.3) is 38.4 Å². The van der Waals surface area contributed by atoms with E-state index in [9.17, 15) is 0 Å². The molecule has 7 rings (SSSR count). The van der Waals surface area contributed by atoms with Gasteiger partial charge in [-0.15, -0.1) is 0 Å². The first-order valence-corrected chi connectivity index (χ1v) is 12.7. The van der Waals surface area contributed by atoms with E-state index in [4.69, 9.17) is 4.98 Å². The zero-order chi connectivity index (χ0) is 22.5. The molecular formula is C30H20N3P. The van der Waals surface area contributed by atoms with Crippen LogP contribution in [0.1, 0.15) is 0 Å². The van der Waals surface area contributed by atoms with E-state index < -0.39 is 7.92 Å². The summed E-state index contributed by atoms with van der Waals surface area (Å²) in [7, 11) is -0.741. The molecule has 7 aromatic rings. The predicted molar refractivity (Wildman–Crippen MR) is 144 cm³/mol. The molecular weight excluding hydrogens is 433 g/mol. The summed E-state index contributed by atoms with van der Waals surface area (Å²) in [6.07, 6.45) is 3.84. The lowest BCUT2D eigenvalue weighted by Gasteiger charge is -2.20. The summed E-state index contributed by atoms with van der Waals surface area (Å²) in [4.78, 5) is 9.54. The molecule has 4 heteroatoms. The minimum atomic E-state index is -0.741. The molecule has 0 aliphatic rings. The summed E-state index contributed by atoms with van der Waals surface area (Å²) < 4.78 is 2.31. The average molecular weight is 453 g/mol. The Bertz CT molecular complexity index is 1770. The minimum absolute atomic E-state index is 0.741. The van der Waals surface area contributed by atoms with Crippen LogP contribution < -0.4 is 15.9 Å². The van der Waals surface area contributed by atoms with Crippen LogP contribution in [0.15, 0.2) is 122 Å². The number of nitrogens with zero attached hydrogens (tertiary/aromatic N) is 3. The van der Waals surface area contributed by atoms with Crippen molar-refractivity contribution in [2.24, 2.45) is 0 Å². The topological polar surface area (TPSA) is 30.2 Å². The van der Waals surface area contributed by atoms with Gasteiger partial charge in [-0.25, -0.2) is 4.98 Å². The lowest BCUT2D eigenvalue weighted by molar-refractivity contribution is 1.32. The van der Waals surface area contributed by atoms with Crippen LogP contribution in [0.5, 0.6) is 0 Å². The van der Waals surface area contributed by atoms with Crippen molar-refractivity contribution < 1.29 is 0 Å². The van der Waals surface area contributed by atoms with Crippen molar-refractivity contribution in [1.29, 1.82) is 0 Å². The lowest BCUT2D eigenvalue weighted by atomic mass is 10.1. The highest BCUT2D eigenvalue weighted by Crippen LogP contribution is 2.37. The molecule has 0 fully saturated rings. The number of hydrogen-bond donors (Lipinski definition) is 0. The molecule has 0 N–H and O–H groups in total. The first-order chi connectivity index (χ1) is 16.9. The average Bonchev–Trinajstić information content (AvgIpc) is 3.30. The smallest absolute Gasteiger partial charge is 0.146 e. The summed E-state index contributed by atoms with van der Waals surface area (Å²) >= 11 is 0. The van der Waals surface area contributed by atoms with Crippen molar-refractivity contribution in [3.63, 3.8) is 0 Å². The predicted octanol–water partition coefficient (Wildman–Crippen LogP) is 5.95. The second-order valence-electron chi connectivity index (χ2n) is 8.39. The minimum Gasteiger partial charge on any atom is -0.292 e. The standard InChI is InChI=1S/C30H20N3P/c1-2-9-21(10-3-1)34(23-11-8-18-31-20-23)22-16-17-24-25-12-4-6-14-28(25)33-29-15-7-5-13-27(29)32-30(33)26(24)19-22/h1-20H. The molecule has 0 spiro atoms. The maximum atomic E-state index is 5.10. The lowest BCUT2D eigenvalue weighted by Crippen LogP contribution is -2.20. The van der Waals surface area contributed by atoms with Gasteiger partial charge in [-0.3, -0.25) is 9.38 Å². The first kappa shape index (κ1) is 19.4. The van der Waals surface area contributed by atoms with E-state index >= 15 is 0 Å². The van der Waals surface area contributed by atoms with Crippen molar-refractivity contribution in [2.45, 2.75) is 0 Å². The Balaban J connectivity index is 1.59. The van der Waals surface area contributed by atoms with E-state index in [1.54, 1.807) is 0 Å². The second kappa shape index (κ2) is 7.76. The summed E-state index contributed by atoms with van der Waals surface area (Å²) in [5.41, 5.74) is 4.34. The third-order valence-electron chi connectivity index (χ3n) is 6.42. The summed E-state index contributed by atoms with van der Waals surface area (Å²) in [6, 6.07) is 38.9. The Morgan fingerprint density at radius 2 is 1.32 bits per heavy atom. The number of imidazole rings is 1. The number of benzene rings is 4. The molecule has 34 heavy (non-hydrogen) atoms. The van der Waals surface area contributed by atoms with Gasteiger partial charge in [0, 0.05) is 28.5 Å². The first-order valence-electron chi connectivity index (χ1n) is 11.4. The molecule has 0 amide bonds. The molecule has 0 aliphatic heterocycles.